The van der Waals surface area contributed by atoms with Crippen LogP contribution in [0.15, 0.2) is 34.7 Å². The van der Waals surface area contributed by atoms with E-state index in [0.717, 1.165) is 23.1 Å². The molecule has 9 heteroatoms. The second-order valence-electron chi connectivity index (χ2n) is 3.38. The number of ether oxygens (including phenoxy) is 1. The normalized spacial score (nSPS) is 10.0. The molecule has 0 aliphatic rings. The maximum absolute atomic E-state index is 11.6. The lowest BCUT2D eigenvalue weighted by Crippen LogP contribution is -2.16. The summed E-state index contributed by atoms with van der Waals surface area (Å²) in [4.78, 5) is 22.0. The number of carbonyl (C=O) groups is 2. The summed E-state index contributed by atoms with van der Waals surface area (Å²) in [6.45, 7) is 0. The minimum Gasteiger partial charge on any atom is -0.481 e. The van der Waals surface area contributed by atoms with Crippen LogP contribution in [0.2, 0.25) is 0 Å². The first-order chi connectivity index (χ1) is 9.63. The molecule has 20 heavy (non-hydrogen) atoms. The van der Waals surface area contributed by atoms with Gasteiger partial charge in [0.2, 0.25) is 5.13 Å². The van der Waals surface area contributed by atoms with Crippen LogP contribution < -0.4 is 10.1 Å². The van der Waals surface area contributed by atoms with E-state index in [0.29, 0.717) is 10.1 Å². The number of aliphatic carboxylic acids is 1. The summed E-state index contributed by atoms with van der Waals surface area (Å²) in [5.41, 5.74) is 0. The van der Waals surface area contributed by atoms with E-state index in [-0.39, 0.29) is 10.9 Å². The number of carboxylic acid groups (broad SMARTS) is 1. The molecule has 1 aromatic carbocycles. The Kier molecular flexibility index (Phi) is 4.91. The molecular weight excluding hydrogens is 302 g/mol. The van der Waals surface area contributed by atoms with Crippen molar-refractivity contribution in [3.05, 3.63) is 30.3 Å². The van der Waals surface area contributed by atoms with Gasteiger partial charge in [0.25, 0.3) is 0 Å². The van der Waals surface area contributed by atoms with Gasteiger partial charge in [0.05, 0.1) is 5.75 Å². The fourth-order valence-corrected chi connectivity index (χ4v) is 2.61. The predicted molar refractivity (Wildman–Crippen MR) is 74.4 cm³/mol. The number of nitrogens with one attached hydrogen (secondary N) is 1. The number of carbonyl (C=O) groups excluding carboxylic acids is 1. The molecule has 0 radical (unpaired) electrons. The van der Waals surface area contributed by atoms with Crippen molar-refractivity contribution in [2.24, 2.45) is 0 Å². The minimum absolute atomic E-state index is 0.108. The highest BCUT2D eigenvalue weighted by molar-refractivity contribution is 8.01. The van der Waals surface area contributed by atoms with Gasteiger partial charge in [-0.15, -0.1) is 10.2 Å². The number of para-hydroxylation sites is 1. The van der Waals surface area contributed by atoms with Gasteiger partial charge in [-0.3, -0.25) is 10.1 Å². The number of aromatic nitrogens is 2. The molecule has 0 aliphatic carbocycles. The van der Waals surface area contributed by atoms with Crippen LogP contribution in [0.3, 0.4) is 0 Å². The Morgan fingerprint density at radius 3 is 2.75 bits per heavy atom. The van der Waals surface area contributed by atoms with E-state index in [9.17, 15) is 9.59 Å². The summed E-state index contributed by atoms with van der Waals surface area (Å²) in [5, 5.41) is 18.7. The monoisotopic (exact) mass is 311 g/mol. The molecule has 104 valence electrons. The number of nitrogens with zero attached hydrogens (tertiary/aromatic N) is 2. The Hall–Kier alpha value is -2.13. The zero-order valence-electron chi connectivity index (χ0n) is 9.98. The molecule has 0 saturated heterocycles. The van der Waals surface area contributed by atoms with Gasteiger partial charge >= 0.3 is 12.1 Å². The molecule has 0 aliphatic heterocycles. The standard InChI is InChI=1S/C11H9N3O4S2/c15-8(16)6-19-11-14-13-9(20-11)12-10(17)18-7-4-2-1-3-5-7/h1-5H,6H2,(H,15,16)(H,12,13,17). The number of carboxylic acids is 1. The molecule has 0 unspecified atom stereocenters. The molecule has 2 aromatic rings. The van der Waals surface area contributed by atoms with Crippen LogP contribution in [0.1, 0.15) is 0 Å². The van der Waals surface area contributed by atoms with Gasteiger partial charge < -0.3 is 9.84 Å². The molecule has 2 N–H and O–H groups in total. The van der Waals surface area contributed by atoms with Crippen molar-refractivity contribution in [2.45, 2.75) is 4.34 Å². The van der Waals surface area contributed by atoms with Crippen molar-refractivity contribution in [1.82, 2.24) is 10.2 Å². The first kappa shape index (κ1) is 14.3. The Balaban J connectivity index is 1.87. The van der Waals surface area contributed by atoms with Crippen LogP contribution in [-0.4, -0.2) is 33.1 Å². The van der Waals surface area contributed by atoms with Crippen molar-refractivity contribution in [3.8, 4) is 5.75 Å². The third-order valence-electron chi connectivity index (χ3n) is 1.89. The average Bonchev–Trinajstić information content (AvgIpc) is 2.85. The number of hydrogen-bond acceptors (Lipinski definition) is 7. The second kappa shape index (κ2) is 6.87. The number of benzene rings is 1. The lowest BCUT2D eigenvalue weighted by molar-refractivity contribution is -0.133. The van der Waals surface area contributed by atoms with E-state index in [1.807, 2.05) is 6.07 Å². The smallest absolute Gasteiger partial charge is 0.418 e. The van der Waals surface area contributed by atoms with E-state index >= 15 is 0 Å². The molecule has 1 amide bonds. The fourth-order valence-electron chi connectivity index (χ4n) is 1.15. The Labute approximate surface area is 122 Å². The van der Waals surface area contributed by atoms with Gasteiger partial charge in [0.15, 0.2) is 4.34 Å². The SMILES string of the molecule is O=C(O)CSc1nnc(NC(=O)Oc2ccccc2)s1. The van der Waals surface area contributed by atoms with E-state index in [4.69, 9.17) is 9.84 Å². The minimum atomic E-state index is -0.941. The summed E-state index contributed by atoms with van der Waals surface area (Å²) in [5.74, 6) is -0.637. The zero-order valence-corrected chi connectivity index (χ0v) is 11.6. The average molecular weight is 311 g/mol. The molecule has 1 aromatic heterocycles. The van der Waals surface area contributed by atoms with Gasteiger partial charge in [0, 0.05) is 0 Å². The van der Waals surface area contributed by atoms with E-state index < -0.39 is 12.1 Å². The summed E-state index contributed by atoms with van der Waals surface area (Å²) in [7, 11) is 0. The summed E-state index contributed by atoms with van der Waals surface area (Å²) < 4.78 is 5.47. The number of amides is 1. The highest BCUT2D eigenvalue weighted by Crippen LogP contribution is 2.25. The van der Waals surface area contributed by atoms with Crippen LogP contribution in [0.4, 0.5) is 9.93 Å². The molecule has 7 nitrogen and oxygen atoms in total. The van der Waals surface area contributed by atoms with E-state index in [1.165, 1.54) is 0 Å². The van der Waals surface area contributed by atoms with Gasteiger partial charge in [0.1, 0.15) is 5.75 Å². The van der Waals surface area contributed by atoms with E-state index in [1.54, 1.807) is 24.3 Å². The zero-order chi connectivity index (χ0) is 14.4. The van der Waals surface area contributed by atoms with Crippen LogP contribution in [0, 0.1) is 0 Å². The third-order valence-corrected chi connectivity index (χ3v) is 3.85. The molecule has 0 fully saturated rings. The van der Waals surface area contributed by atoms with Gasteiger partial charge in [-0.2, -0.15) is 0 Å². The van der Waals surface area contributed by atoms with Crippen molar-refractivity contribution in [2.75, 3.05) is 11.1 Å². The molecular formula is C11H9N3O4S2. The van der Waals surface area contributed by atoms with Crippen LogP contribution >= 0.6 is 23.1 Å². The maximum Gasteiger partial charge on any atom is 0.418 e. The predicted octanol–water partition coefficient (Wildman–Crippen LogP) is 2.33. The molecule has 1 heterocycles. The lowest BCUT2D eigenvalue weighted by atomic mass is 10.3. The highest BCUT2D eigenvalue weighted by atomic mass is 32.2. The fraction of sp³-hybridized carbons (Fsp3) is 0.0909. The number of thioether (sulfide) groups is 1. The first-order valence-corrected chi connectivity index (χ1v) is 7.15. The largest absolute Gasteiger partial charge is 0.481 e. The Morgan fingerprint density at radius 1 is 1.30 bits per heavy atom. The van der Waals surface area contributed by atoms with Gasteiger partial charge in [-0.05, 0) is 12.1 Å². The second-order valence-corrected chi connectivity index (χ2v) is 5.58. The molecule has 0 spiro atoms. The van der Waals surface area contributed by atoms with Gasteiger partial charge in [-0.1, -0.05) is 41.3 Å². The maximum atomic E-state index is 11.6. The van der Waals surface area contributed by atoms with Crippen molar-refractivity contribution < 1.29 is 19.4 Å². The van der Waals surface area contributed by atoms with Crippen molar-refractivity contribution in [1.29, 1.82) is 0 Å². The van der Waals surface area contributed by atoms with Crippen molar-refractivity contribution in [3.63, 3.8) is 0 Å². The summed E-state index contributed by atoms with van der Waals surface area (Å²) in [6, 6.07) is 8.59. The number of hydrogen-bond donors (Lipinski definition) is 2. The van der Waals surface area contributed by atoms with Crippen LogP contribution in [-0.2, 0) is 4.79 Å². The number of rotatable bonds is 5. The molecule has 0 saturated carbocycles. The molecule has 2 rings (SSSR count). The van der Waals surface area contributed by atoms with Crippen molar-refractivity contribution >= 4 is 40.3 Å². The summed E-state index contributed by atoms with van der Waals surface area (Å²) >= 11 is 2.11. The van der Waals surface area contributed by atoms with Gasteiger partial charge in [-0.25, -0.2) is 4.79 Å². The first-order valence-electron chi connectivity index (χ1n) is 5.35. The molecule has 0 bridgehead atoms. The highest BCUT2D eigenvalue weighted by Gasteiger charge is 2.11. The topological polar surface area (TPSA) is 101 Å². The quantitative estimate of drug-likeness (QED) is 0.645. The van der Waals surface area contributed by atoms with Crippen LogP contribution in [0.5, 0.6) is 5.75 Å². The van der Waals surface area contributed by atoms with Crippen LogP contribution in [0.25, 0.3) is 0 Å². The number of anilines is 1. The molecule has 0 atom stereocenters. The third kappa shape index (κ3) is 4.52. The Morgan fingerprint density at radius 2 is 2.05 bits per heavy atom. The lowest BCUT2D eigenvalue weighted by Gasteiger charge is -2.02. The summed E-state index contributed by atoms with van der Waals surface area (Å²) in [6.07, 6.45) is -0.679. The Bertz CT molecular complexity index is 603. The van der Waals surface area contributed by atoms with E-state index in [2.05, 4.69) is 15.5 Å².